The molecule has 0 aliphatic carbocycles. The van der Waals surface area contributed by atoms with E-state index in [1.165, 1.54) is 11.1 Å². The van der Waals surface area contributed by atoms with Gasteiger partial charge < -0.3 is 21.1 Å². The van der Waals surface area contributed by atoms with Gasteiger partial charge in [-0.2, -0.15) is 5.10 Å². The van der Waals surface area contributed by atoms with E-state index in [4.69, 9.17) is 5.73 Å². The Kier molecular flexibility index (Phi) is 3.81. The number of aromatic nitrogens is 5. The van der Waals surface area contributed by atoms with Gasteiger partial charge in [0, 0.05) is 30.4 Å². The third kappa shape index (κ3) is 2.92. The van der Waals surface area contributed by atoms with Crippen molar-refractivity contribution in [2.24, 2.45) is 0 Å². The van der Waals surface area contributed by atoms with Crippen LogP contribution in [0.3, 0.4) is 0 Å². The number of imidazole rings is 1. The first-order chi connectivity index (χ1) is 15.2. The van der Waals surface area contributed by atoms with Gasteiger partial charge in [-0.15, -0.1) is 0 Å². The number of fused-ring (bicyclic) bond motifs is 2. The van der Waals surface area contributed by atoms with E-state index in [0.29, 0.717) is 23.0 Å². The van der Waals surface area contributed by atoms with Gasteiger partial charge in [0.05, 0.1) is 11.0 Å². The van der Waals surface area contributed by atoms with E-state index < -0.39 is 0 Å². The Hall–Kier alpha value is -4.17. The molecule has 4 heterocycles. The fourth-order valence-corrected chi connectivity index (χ4v) is 4.02. The summed E-state index contributed by atoms with van der Waals surface area (Å²) in [5.41, 5.74) is 13.7. The molecule has 152 valence electrons. The summed E-state index contributed by atoms with van der Waals surface area (Å²) in [4.78, 5) is 12.1. The first-order valence-electron chi connectivity index (χ1n) is 9.98. The Morgan fingerprint density at radius 2 is 1.65 bits per heavy atom. The van der Waals surface area contributed by atoms with Gasteiger partial charge in [0.25, 0.3) is 0 Å². The van der Waals surface area contributed by atoms with Crippen molar-refractivity contribution in [1.82, 2.24) is 30.5 Å². The lowest BCUT2D eigenvalue weighted by Crippen LogP contribution is -1.99. The Morgan fingerprint density at radius 1 is 0.903 bits per heavy atom. The number of nitrogens with two attached hydrogens (primary N) is 1. The molecule has 0 spiro atoms. The lowest BCUT2D eigenvalue weighted by atomic mass is 10.0. The zero-order valence-electron chi connectivity index (χ0n) is 16.5. The molecule has 8 heteroatoms. The molecule has 0 bridgehead atoms. The van der Waals surface area contributed by atoms with Crippen LogP contribution in [0, 0.1) is 0 Å². The van der Waals surface area contributed by atoms with Crippen LogP contribution in [-0.4, -0.2) is 30.3 Å². The van der Waals surface area contributed by atoms with E-state index >= 15 is 0 Å². The molecule has 0 saturated heterocycles. The van der Waals surface area contributed by atoms with Gasteiger partial charge in [0.1, 0.15) is 17.2 Å². The van der Waals surface area contributed by atoms with Crippen molar-refractivity contribution in [3.05, 3.63) is 65.9 Å². The monoisotopic (exact) mass is 409 g/mol. The van der Waals surface area contributed by atoms with Crippen molar-refractivity contribution in [1.29, 1.82) is 0 Å². The van der Waals surface area contributed by atoms with Gasteiger partial charge in [-0.05, 0) is 41.0 Å². The molecule has 8 nitrogen and oxygen atoms in total. The molecule has 5 aromatic rings. The summed E-state index contributed by atoms with van der Waals surface area (Å²) >= 11 is 0. The molecule has 2 aromatic carbocycles. The van der Waals surface area contributed by atoms with Crippen molar-refractivity contribution in [3.8, 4) is 39.7 Å². The molecular formula is C23H19N7O. The second-order valence-corrected chi connectivity index (χ2v) is 7.67. The predicted molar refractivity (Wildman–Crippen MR) is 119 cm³/mol. The SMILES string of the molecule is Nc1ccc(-c2ccc(-c3n[nH]c(-c4nc5cc6c(cc5[nH]4)CNC6)c3O)cc2)cn1. The number of anilines is 1. The summed E-state index contributed by atoms with van der Waals surface area (Å²) in [6.45, 7) is 1.72. The summed E-state index contributed by atoms with van der Waals surface area (Å²) in [6, 6.07) is 15.7. The van der Waals surface area contributed by atoms with Crippen LogP contribution in [0.1, 0.15) is 11.1 Å². The molecule has 0 atom stereocenters. The third-order valence-electron chi connectivity index (χ3n) is 5.69. The molecule has 1 aliphatic rings. The second-order valence-electron chi connectivity index (χ2n) is 7.67. The van der Waals surface area contributed by atoms with Gasteiger partial charge in [-0.1, -0.05) is 24.3 Å². The number of H-pyrrole nitrogens is 2. The number of hydrogen-bond donors (Lipinski definition) is 5. The number of aromatic hydroxyl groups is 1. The van der Waals surface area contributed by atoms with Crippen LogP contribution in [0.5, 0.6) is 5.75 Å². The van der Waals surface area contributed by atoms with Gasteiger partial charge in [-0.25, -0.2) is 9.97 Å². The molecule has 0 amide bonds. The quantitative estimate of drug-likeness (QED) is 0.310. The van der Waals surface area contributed by atoms with Gasteiger partial charge >= 0.3 is 0 Å². The zero-order valence-corrected chi connectivity index (χ0v) is 16.5. The van der Waals surface area contributed by atoms with Crippen molar-refractivity contribution in [2.45, 2.75) is 13.1 Å². The molecule has 0 fully saturated rings. The first kappa shape index (κ1) is 17.7. The van der Waals surface area contributed by atoms with Crippen LogP contribution in [0.4, 0.5) is 5.82 Å². The van der Waals surface area contributed by atoms with E-state index in [9.17, 15) is 5.11 Å². The van der Waals surface area contributed by atoms with E-state index in [2.05, 4.69) is 42.6 Å². The molecule has 1 aliphatic heterocycles. The number of benzene rings is 2. The molecule has 6 N–H and O–H groups in total. The Balaban J connectivity index is 1.34. The van der Waals surface area contributed by atoms with Crippen LogP contribution in [-0.2, 0) is 13.1 Å². The fourth-order valence-electron chi connectivity index (χ4n) is 4.02. The minimum absolute atomic E-state index is 0.0650. The highest BCUT2D eigenvalue weighted by Gasteiger charge is 2.20. The predicted octanol–water partition coefficient (Wildman–Crippen LogP) is 3.57. The maximum absolute atomic E-state index is 10.9. The minimum atomic E-state index is 0.0650. The summed E-state index contributed by atoms with van der Waals surface area (Å²) in [7, 11) is 0. The average molecular weight is 409 g/mol. The maximum atomic E-state index is 10.9. The Bertz CT molecular complexity index is 1370. The summed E-state index contributed by atoms with van der Waals surface area (Å²) in [5, 5.41) is 21.5. The largest absolute Gasteiger partial charge is 0.504 e. The standard InChI is InChI=1S/C23H19N7O/c24-19-6-5-14(11-26-19)12-1-3-13(4-2-12)20-22(31)21(30-29-20)23-27-17-7-15-9-25-10-16(15)8-18(17)28-23/h1-8,11,25,31H,9-10H2,(H2,24,26)(H,27,28)(H,29,30). The van der Waals surface area contributed by atoms with Crippen molar-refractivity contribution >= 4 is 16.9 Å². The van der Waals surface area contributed by atoms with E-state index in [1.54, 1.807) is 12.3 Å². The lowest BCUT2D eigenvalue weighted by Gasteiger charge is -2.03. The van der Waals surface area contributed by atoms with Crippen LogP contribution >= 0.6 is 0 Å². The molecule has 0 radical (unpaired) electrons. The van der Waals surface area contributed by atoms with Crippen molar-refractivity contribution in [2.75, 3.05) is 5.73 Å². The summed E-state index contributed by atoms with van der Waals surface area (Å²) in [5.74, 6) is 1.11. The number of pyridine rings is 1. The number of nitrogens with one attached hydrogen (secondary N) is 3. The van der Waals surface area contributed by atoms with Crippen molar-refractivity contribution < 1.29 is 5.11 Å². The molecule has 0 unspecified atom stereocenters. The number of rotatable bonds is 3. The van der Waals surface area contributed by atoms with Gasteiger partial charge in [-0.3, -0.25) is 5.10 Å². The highest BCUT2D eigenvalue weighted by atomic mass is 16.3. The third-order valence-corrected chi connectivity index (χ3v) is 5.69. The van der Waals surface area contributed by atoms with Crippen LogP contribution in [0.15, 0.2) is 54.7 Å². The van der Waals surface area contributed by atoms with Crippen LogP contribution < -0.4 is 11.1 Å². The first-order valence-corrected chi connectivity index (χ1v) is 9.98. The fraction of sp³-hybridized carbons (Fsp3) is 0.0870. The van der Waals surface area contributed by atoms with Crippen molar-refractivity contribution in [3.63, 3.8) is 0 Å². The number of nitrogen functional groups attached to an aromatic ring is 1. The normalized spacial score (nSPS) is 13.0. The Morgan fingerprint density at radius 3 is 2.42 bits per heavy atom. The minimum Gasteiger partial charge on any atom is -0.504 e. The van der Waals surface area contributed by atoms with Crippen LogP contribution in [0.25, 0.3) is 44.9 Å². The lowest BCUT2D eigenvalue weighted by molar-refractivity contribution is 0.479. The number of hydrogen-bond acceptors (Lipinski definition) is 6. The van der Waals surface area contributed by atoms with Crippen LogP contribution in [0.2, 0.25) is 0 Å². The molecular weight excluding hydrogens is 390 g/mol. The Labute approximate surface area is 177 Å². The van der Waals surface area contributed by atoms with E-state index in [0.717, 1.165) is 40.8 Å². The number of aromatic amines is 2. The number of nitrogens with zero attached hydrogens (tertiary/aromatic N) is 3. The highest BCUT2D eigenvalue weighted by Crippen LogP contribution is 2.36. The van der Waals surface area contributed by atoms with E-state index in [1.807, 2.05) is 30.3 Å². The second kappa shape index (κ2) is 6.68. The maximum Gasteiger partial charge on any atom is 0.172 e. The molecule has 0 saturated carbocycles. The molecule has 31 heavy (non-hydrogen) atoms. The van der Waals surface area contributed by atoms with Gasteiger partial charge in [0.15, 0.2) is 11.6 Å². The zero-order chi connectivity index (χ0) is 20.9. The highest BCUT2D eigenvalue weighted by molar-refractivity contribution is 5.83. The molecule has 3 aromatic heterocycles. The summed E-state index contributed by atoms with van der Waals surface area (Å²) < 4.78 is 0. The average Bonchev–Trinajstić information content (AvgIpc) is 3.50. The van der Waals surface area contributed by atoms with Gasteiger partial charge in [0.2, 0.25) is 0 Å². The summed E-state index contributed by atoms with van der Waals surface area (Å²) in [6.07, 6.45) is 1.74. The smallest absolute Gasteiger partial charge is 0.172 e. The topological polar surface area (TPSA) is 129 Å². The molecule has 6 rings (SSSR count). The van der Waals surface area contributed by atoms with E-state index in [-0.39, 0.29) is 5.75 Å².